The number of hydrogen-bond donors (Lipinski definition) is 1. The van der Waals surface area contributed by atoms with Crippen LogP contribution >= 0.6 is 0 Å². The van der Waals surface area contributed by atoms with E-state index in [1.165, 1.54) is 0 Å². The van der Waals surface area contributed by atoms with Crippen LogP contribution in [0, 0.1) is 0 Å². The highest BCUT2D eigenvalue weighted by molar-refractivity contribution is 5.20. The summed E-state index contributed by atoms with van der Waals surface area (Å²) in [5.74, 6) is -0.716. The number of rotatable bonds is 4. The van der Waals surface area contributed by atoms with Crippen LogP contribution in [0.15, 0.2) is 30.3 Å². The molecule has 1 nitrogen and oxygen atoms in total. The van der Waals surface area contributed by atoms with Crippen LogP contribution in [0.3, 0.4) is 0 Å². The van der Waals surface area contributed by atoms with Crippen LogP contribution in [0.5, 0.6) is 0 Å². The van der Waals surface area contributed by atoms with E-state index < -0.39 is 12.3 Å². The van der Waals surface area contributed by atoms with Crippen LogP contribution in [-0.4, -0.2) is 13.0 Å². The topological polar surface area (TPSA) is 26.0 Å². The van der Waals surface area contributed by atoms with Crippen LogP contribution in [0.4, 0.5) is 8.78 Å². The van der Waals surface area contributed by atoms with Gasteiger partial charge in [0.2, 0.25) is 6.43 Å². The molecule has 0 amide bonds. The number of halogens is 2. The molecule has 0 bridgehead atoms. The Labute approximate surface area is 76.6 Å². The van der Waals surface area contributed by atoms with Gasteiger partial charge in [-0.3, -0.25) is 0 Å². The lowest BCUT2D eigenvalue weighted by Crippen LogP contribution is -2.14. The maximum absolute atomic E-state index is 12.5. The molecule has 0 fully saturated rings. The molecular weight excluding hydrogens is 172 g/mol. The molecular formula is C10H13F2N. The summed E-state index contributed by atoms with van der Waals surface area (Å²) < 4.78 is 25.0. The molecule has 0 saturated carbocycles. The Bertz CT molecular complexity index is 236. The van der Waals surface area contributed by atoms with Gasteiger partial charge in [0.15, 0.2) is 0 Å². The summed E-state index contributed by atoms with van der Waals surface area (Å²) in [4.78, 5) is 0. The summed E-state index contributed by atoms with van der Waals surface area (Å²) >= 11 is 0. The SMILES string of the molecule is NCCC(c1ccccc1)C(F)F. The quantitative estimate of drug-likeness (QED) is 0.765. The molecule has 0 radical (unpaired) electrons. The van der Waals surface area contributed by atoms with Gasteiger partial charge in [0.05, 0.1) is 0 Å². The van der Waals surface area contributed by atoms with E-state index in [4.69, 9.17) is 5.73 Å². The van der Waals surface area contributed by atoms with Gasteiger partial charge in [-0.2, -0.15) is 0 Å². The molecule has 2 N–H and O–H groups in total. The maximum Gasteiger partial charge on any atom is 0.245 e. The lowest BCUT2D eigenvalue weighted by molar-refractivity contribution is 0.111. The highest BCUT2D eigenvalue weighted by Crippen LogP contribution is 2.25. The highest BCUT2D eigenvalue weighted by atomic mass is 19.3. The molecule has 0 spiro atoms. The zero-order valence-corrected chi connectivity index (χ0v) is 7.29. The van der Waals surface area contributed by atoms with Crippen LogP contribution in [0.2, 0.25) is 0 Å². The Hall–Kier alpha value is -0.960. The van der Waals surface area contributed by atoms with E-state index in [2.05, 4.69) is 0 Å². The Morgan fingerprint density at radius 1 is 1.15 bits per heavy atom. The second-order valence-corrected chi connectivity index (χ2v) is 2.93. The van der Waals surface area contributed by atoms with Crippen molar-refractivity contribution in [2.45, 2.75) is 18.8 Å². The summed E-state index contributed by atoms with van der Waals surface area (Å²) in [6.07, 6.45) is -1.99. The summed E-state index contributed by atoms with van der Waals surface area (Å²) in [5.41, 5.74) is 5.94. The van der Waals surface area contributed by atoms with Gasteiger partial charge in [0.25, 0.3) is 0 Å². The fourth-order valence-corrected chi connectivity index (χ4v) is 1.32. The van der Waals surface area contributed by atoms with Crippen LogP contribution < -0.4 is 5.73 Å². The van der Waals surface area contributed by atoms with Crippen molar-refractivity contribution >= 4 is 0 Å². The molecule has 72 valence electrons. The van der Waals surface area contributed by atoms with Gasteiger partial charge >= 0.3 is 0 Å². The predicted molar refractivity (Wildman–Crippen MR) is 48.9 cm³/mol. The van der Waals surface area contributed by atoms with Crippen molar-refractivity contribution in [1.82, 2.24) is 0 Å². The largest absolute Gasteiger partial charge is 0.330 e. The van der Waals surface area contributed by atoms with Gasteiger partial charge in [-0.05, 0) is 18.5 Å². The second kappa shape index (κ2) is 4.92. The summed E-state index contributed by atoms with van der Waals surface area (Å²) in [6, 6.07) is 8.77. The normalized spacial score (nSPS) is 13.2. The molecule has 1 atom stereocenters. The molecule has 0 aliphatic carbocycles. The average molecular weight is 185 g/mol. The zero-order valence-electron chi connectivity index (χ0n) is 7.29. The molecule has 0 saturated heterocycles. The first-order valence-corrected chi connectivity index (χ1v) is 4.29. The van der Waals surface area contributed by atoms with Crippen LogP contribution in [-0.2, 0) is 0 Å². The van der Waals surface area contributed by atoms with E-state index in [-0.39, 0.29) is 0 Å². The zero-order chi connectivity index (χ0) is 9.68. The Kier molecular flexibility index (Phi) is 3.83. The first-order chi connectivity index (χ1) is 6.25. The highest BCUT2D eigenvalue weighted by Gasteiger charge is 2.20. The molecule has 3 heteroatoms. The fraction of sp³-hybridized carbons (Fsp3) is 0.400. The molecule has 1 unspecified atom stereocenters. The van der Waals surface area contributed by atoms with Gasteiger partial charge in [-0.15, -0.1) is 0 Å². The van der Waals surface area contributed by atoms with E-state index in [1.54, 1.807) is 24.3 Å². The van der Waals surface area contributed by atoms with Crippen molar-refractivity contribution in [3.05, 3.63) is 35.9 Å². The third-order valence-corrected chi connectivity index (χ3v) is 2.01. The molecule has 1 rings (SSSR count). The summed E-state index contributed by atoms with van der Waals surface area (Å²) in [6.45, 7) is 0.296. The Balaban J connectivity index is 2.76. The molecule has 0 aliphatic heterocycles. The fourth-order valence-electron chi connectivity index (χ4n) is 1.32. The molecule has 0 aliphatic rings. The van der Waals surface area contributed by atoms with Crippen molar-refractivity contribution in [2.75, 3.05) is 6.54 Å². The lowest BCUT2D eigenvalue weighted by Gasteiger charge is -2.14. The third kappa shape index (κ3) is 2.77. The maximum atomic E-state index is 12.5. The minimum absolute atomic E-state index is 0.296. The van der Waals surface area contributed by atoms with Crippen molar-refractivity contribution in [2.24, 2.45) is 5.73 Å². The minimum atomic E-state index is -2.33. The number of hydrogen-bond acceptors (Lipinski definition) is 1. The van der Waals surface area contributed by atoms with E-state index in [0.29, 0.717) is 18.5 Å². The van der Waals surface area contributed by atoms with E-state index in [0.717, 1.165) is 0 Å². The lowest BCUT2D eigenvalue weighted by atomic mass is 9.96. The smallest absolute Gasteiger partial charge is 0.245 e. The van der Waals surface area contributed by atoms with Gasteiger partial charge in [-0.25, -0.2) is 8.78 Å². The Morgan fingerprint density at radius 3 is 2.23 bits per heavy atom. The van der Waals surface area contributed by atoms with Gasteiger partial charge in [-0.1, -0.05) is 30.3 Å². The third-order valence-electron chi connectivity index (χ3n) is 2.01. The van der Waals surface area contributed by atoms with Crippen LogP contribution in [0.25, 0.3) is 0 Å². The predicted octanol–water partition coefficient (Wildman–Crippen LogP) is 2.38. The van der Waals surface area contributed by atoms with E-state index in [1.807, 2.05) is 6.07 Å². The molecule has 1 aromatic carbocycles. The standard InChI is InChI=1S/C10H13F2N/c11-10(12)9(6-7-13)8-4-2-1-3-5-8/h1-5,9-10H,6-7,13H2. The molecule has 0 heterocycles. The van der Waals surface area contributed by atoms with Crippen LogP contribution in [0.1, 0.15) is 17.9 Å². The van der Waals surface area contributed by atoms with E-state index >= 15 is 0 Å². The molecule has 13 heavy (non-hydrogen) atoms. The van der Waals surface area contributed by atoms with Crippen molar-refractivity contribution < 1.29 is 8.78 Å². The average Bonchev–Trinajstić information content (AvgIpc) is 2.15. The van der Waals surface area contributed by atoms with Crippen molar-refractivity contribution in [1.29, 1.82) is 0 Å². The molecule has 1 aromatic rings. The Morgan fingerprint density at radius 2 is 1.77 bits per heavy atom. The first-order valence-electron chi connectivity index (χ1n) is 4.29. The van der Waals surface area contributed by atoms with Gasteiger partial charge in [0.1, 0.15) is 0 Å². The van der Waals surface area contributed by atoms with Crippen molar-refractivity contribution in [3.8, 4) is 0 Å². The van der Waals surface area contributed by atoms with Gasteiger partial charge < -0.3 is 5.73 Å². The second-order valence-electron chi connectivity index (χ2n) is 2.93. The number of alkyl halides is 2. The summed E-state index contributed by atoms with van der Waals surface area (Å²) in [7, 11) is 0. The summed E-state index contributed by atoms with van der Waals surface area (Å²) in [5, 5.41) is 0. The van der Waals surface area contributed by atoms with E-state index in [9.17, 15) is 8.78 Å². The minimum Gasteiger partial charge on any atom is -0.330 e. The number of nitrogens with two attached hydrogens (primary N) is 1. The number of benzene rings is 1. The first kappa shape index (κ1) is 10.1. The van der Waals surface area contributed by atoms with Crippen molar-refractivity contribution in [3.63, 3.8) is 0 Å². The monoisotopic (exact) mass is 185 g/mol. The van der Waals surface area contributed by atoms with Gasteiger partial charge in [0, 0.05) is 5.92 Å². The molecule has 0 aromatic heterocycles.